The van der Waals surface area contributed by atoms with Crippen LogP contribution in [0.1, 0.15) is 50.7 Å². The maximum atomic E-state index is 13.9. The van der Waals surface area contributed by atoms with Crippen LogP contribution in [-0.4, -0.2) is 88.4 Å². The fraction of sp³-hybridized carbons (Fsp3) is 0.472. The normalized spacial score (nSPS) is 14.2. The molecule has 0 spiro atoms. The number of nitrogens with one attached hydrogen (secondary N) is 5. The summed E-state index contributed by atoms with van der Waals surface area (Å²) >= 11 is 1.47. The predicted octanol–water partition coefficient (Wildman–Crippen LogP) is 0.949. The molecule has 0 saturated heterocycles. The molecular formula is C36H52N8O6S. The lowest BCUT2D eigenvalue weighted by Gasteiger charge is -2.27. The van der Waals surface area contributed by atoms with Crippen molar-refractivity contribution in [3.63, 3.8) is 0 Å². The number of fused-ring (bicyclic) bond motifs is 1. The van der Waals surface area contributed by atoms with Crippen molar-refractivity contribution < 1.29 is 29.1 Å². The lowest BCUT2D eigenvalue weighted by Crippen LogP contribution is -2.59. The molecule has 0 saturated carbocycles. The molecule has 1 aromatic heterocycles. The molecule has 0 aliphatic heterocycles. The number of primary amides is 1. The average Bonchev–Trinajstić information content (AvgIpc) is 3.50. The Morgan fingerprint density at radius 2 is 1.41 bits per heavy atom. The predicted molar refractivity (Wildman–Crippen MR) is 199 cm³/mol. The summed E-state index contributed by atoms with van der Waals surface area (Å²) in [4.78, 5) is 69.7. The van der Waals surface area contributed by atoms with E-state index in [0.29, 0.717) is 30.7 Å². The number of H-pyrrole nitrogens is 1. The van der Waals surface area contributed by atoms with Crippen molar-refractivity contribution >= 4 is 52.2 Å². The van der Waals surface area contributed by atoms with E-state index in [1.807, 2.05) is 30.5 Å². The number of nitrogens with two attached hydrogens (primary N) is 3. The highest BCUT2D eigenvalue weighted by molar-refractivity contribution is 7.98. The average molecular weight is 725 g/mol. The summed E-state index contributed by atoms with van der Waals surface area (Å²) in [5.74, 6) is -2.82. The molecule has 0 aliphatic rings. The monoisotopic (exact) mass is 724 g/mol. The van der Waals surface area contributed by atoms with E-state index in [-0.39, 0.29) is 37.4 Å². The van der Waals surface area contributed by atoms with Crippen LogP contribution >= 0.6 is 11.8 Å². The molecule has 15 heteroatoms. The third-order valence-electron chi connectivity index (χ3n) is 8.56. The third kappa shape index (κ3) is 12.6. The van der Waals surface area contributed by atoms with Crippen molar-refractivity contribution in [2.45, 2.75) is 82.6 Å². The maximum absolute atomic E-state index is 13.9. The molecule has 0 unspecified atom stereocenters. The van der Waals surface area contributed by atoms with Gasteiger partial charge < -0.3 is 48.6 Å². The maximum Gasteiger partial charge on any atom is 0.243 e. The lowest BCUT2D eigenvalue weighted by molar-refractivity contribution is -0.134. The second-order valence-electron chi connectivity index (χ2n) is 12.9. The number of carbonyl (C=O) groups is 5. The summed E-state index contributed by atoms with van der Waals surface area (Å²) in [5.41, 5.74) is 19.9. The van der Waals surface area contributed by atoms with Crippen molar-refractivity contribution in [1.29, 1.82) is 0 Å². The van der Waals surface area contributed by atoms with Gasteiger partial charge in [0, 0.05) is 23.5 Å². The van der Waals surface area contributed by atoms with E-state index >= 15 is 0 Å². The smallest absolute Gasteiger partial charge is 0.243 e. The Morgan fingerprint density at radius 3 is 2.06 bits per heavy atom. The van der Waals surface area contributed by atoms with E-state index in [4.69, 9.17) is 17.2 Å². The lowest BCUT2D eigenvalue weighted by atomic mass is 10.0. The van der Waals surface area contributed by atoms with Gasteiger partial charge in [-0.2, -0.15) is 11.8 Å². The highest BCUT2D eigenvalue weighted by Gasteiger charge is 2.32. The number of hydrogen-bond acceptors (Lipinski definition) is 9. The zero-order valence-corrected chi connectivity index (χ0v) is 30.3. The van der Waals surface area contributed by atoms with Gasteiger partial charge in [0.05, 0.1) is 6.04 Å². The number of hydrogen-bond donors (Lipinski definition) is 9. The summed E-state index contributed by atoms with van der Waals surface area (Å²) in [6.07, 6.45) is 5.51. The second kappa shape index (κ2) is 20.3. The number of amides is 5. The van der Waals surface area contributed by atoms with Crippen molar-refractivity contribution in [2.75, 3.05) is 18.6 Å². The molecule has 0 fully saturated rings. The Labute approximate surface area is 302 Å². The van der Waals surface area contributed by atoms with Crippen LogP contribution in [0.25, 0.3) is 10.9 Å². The Balaban J connectivity index is 1.82. The van der Waals surface area contributed by atoms with Gasteiger partial charge in [0.25, 0.3) is 0 Å². The van der Waals surface area contributed by atoms with Crippen molar-refractivity contribution in [3.8, 4) is 5.75 Å². The molecule has 1 heterocycles. The SMILES string of the molecule is CSCC[C@H](NC(=O)[C@H](Cc1ccc(O)cc1)NC(=O)[C@H](CCCCN)NC(=O)[C@@H](N)Cc1c[nH]c2ccccc12)C(=O)N[C@H](C(N)=O)C(C)C. The minimum Gasteiger partial charge on any atom is -0.508 e. The minimum absolute atomic E-state index is 0.00810. The van der Waals surface area contributed by atoms with Gasteiger partial charge in [0.15, 0.2) is 0 Å². The first-order valence-electron chi connectivity index (χ1n) is 17.1. The number of para-hydroxylation sites is 1. The number of thioether (sulfide) groups is 1. The highest BCUT2D eigenvalue weighted by atomic mass is 32.2. The van der Waals surface area contributed by atoms with Crippen LogP contribution in [0.5, 0.6) is 5.75 Å². The van der Waals surface area contributed by atoms with E-state index in [1.165, 1.54) is 23.9 Å². The summed E-state index contributed by atoms with van der Waals surface area (Å²) in [7, 11) is 0. The number of phenolic OH excluding ortho intramolecular Hbond substituents is 1. The number of aromatic hydroxyl groups is 1. The zero-order chi connectivity index (χ0) is 37.5. The van der Waals surface area contributed by atoms with Gasteiger partial charge in [-0.1, -0.05) is 44.2 Å². The number of benzene rings is 2. The molecule has 3 aromatic rings. The Hall–Kier alpha value is -4.60. The van der Waals surface area contributed by atoms with Gasteiger partial charge in [-0.25, -0.2) is 0 Å². The standard InChI is InChI=1S/C36H52N8O6S/c1-21(2)31(32(39)46)44-35(49)29(15-17-51-3)42-36(50)30(18-22-11-13-24(45)14-12-22)43-34(48)28(10-6-7-16-37)41-33(47)26(38)19-23-20-40-27-9-5-4-8-25(23)27/h4-5,8-9,11-14,20-21,26,28-31,40,45H,6-7,10,15-19,37-38H2,1-3H3,(H2,39,46)(H,41,47)(H,42,50)(H,43,48)(H,44,49)/t26-,28-,29-,30-,31-/m0/s1. The molecule has 0 radical (unpaired) electrons. The second-order valence-corrected chi connectivity index (χ2v) is 13.9. The first kappa shape index (κ1) is 40.8. The molecule has 278 valence electrons. The van der Waals surface area contributed by atoms with E-state index in [2.05, 4.69) is 26.3 Å². The molecule has 14 nitrogen and oxygen atoms in total. The quantitative estimate of drug-likeness (QED) is 0.0709. The summed E-state index contributed by atoms with van der Waals surface area (Å²) in [6.45, 7) is 3.87. The fourth-order valence-electron chi connectivity index (χ4n) is 5.62. The van der Waals surface area contributed by atoms with Gasteiger partial charge in [-0.05, 0) is 85.9 Å². The topological polar surface area (TPSA) is 248 Å². The largest absolute Gasteiger partial charge is 0.508 e. The van der Waals surface area contributed by atoms with Crippen molar-refractivity contribution in [3.05, 3.63) is 65.9 Å². The summed E-state index contributed by atoms with van der Waals surface area (Å²) in [5, 5.41) is 21.7. The zero-order valence-electron chi connectivity index (χ0n) is 29.4. The molecule has 3 rings (SSSR count). The molecule has 5 amide bonds. The first-order valence-corrected chi connectivity index (χ1v) is 18.5. The number of carbonyl (C=O) groups excluding carboxylic acids is 5. The van der Waals surface area contributed by atoms with Crippen LogP contribution in [0.3, 0.4) is 0 Å². The number of unbranched alkanes of at least 4 members (excludes halogenated alkanes) is 1. The number of rotatable bonds is 21. The Kier molecular flexibility index (Phi) is 16.3. The summed E-state index contributed by atoms with van der Waals surface area (Å²) in [6, 6.07) is 8.65. The van der Waals surface area contributed by atoms with E-state index in [9.17, 15) is 29.1 Å². The molecule has 12 N–H and O–H groups in total. The molecule has 5 atom stereocenters. The van der Waals surface area contributed by atoms with Crippen LogP contribution in [0.15, 0.2) is 54.7 Å². The minimum atomic E-state index is -1.18. The van der Waals surface area contributed by atoms with Crippen molar-refractivity contribution in [1.82, 2.24) is 26.3 Å². The van der Waals surface area contributed by atoms with Gasteiger partial charge in [0.1, 0.15) is 29.9 Å². The molecule has 0 bridgehead atoms. The van der Waals surface area contributed by atoms with Crippen LogP contribution < -0.4 is 38.5 Å². The van der Waals surface area contributed by atoms with E-state index in [0.717, 1.165) is 16.5 Å². The van der Waals surface area contributed by atoms with Crippen LogP contribution in [0.4, 0.5) is 0 Å². The molecule has 0 aliphatic carbocycles. The van der Waals surface area contributed by atoms with Crippen LogP contribution in [0.2, 0.25) is 0 Å². The highest BCUT2D eigenvalue weighted by Crippen LogP contribution is 2.19. The third-order valence-corrected chi connectivity index (χ3v) is 9.20. The van der Waals surface area contributed by atoms with Gasteiger partial charge >= 0.3 is 0 Å². The Bertz CT molecular complexity index is 1610. The van der Waals surface area contributed by atoms with E-state index in [1.54, 1.807) is 32.2 Å². The van der Waals surface area contributed by atoms with Crippen molar-refractivity contribution in [2.24, 2.45) is 23.1 Å². The van der Waals surface area contributed by atoms with Gasteiger partial charge in [-0.3, -0.25) is 24.0 Å². The molecule has 2 aromatic carbocycles. The number of phenols is 1. The van der Waals surface area contributed by atoms with E-state index < -0.39 is 59.7 Å². The van der Waals surface area contributed by atoms with Gasteiger partial charge in [0.2, 0.25) is 29.5 Å². The fourth-order valence-corrected chi connectivity index (χ4v) is 6.09. The first-order chi connectivity index (χ1) is 24.3. The molecule has 51 heavy (non-hydrogen) atoms. The Morgan fingerprint density at radius 1 is 0.804 bits per heavy atom. The van der Waals surface area contributed by atoms with Gasteiger partial charge in [-0.15, -0.1) is 0 Å². The molecular weight excluding hydrogens is 673 g/mol. The summed E-state index contributed by atoms with van der Waals surface area (Å²) < 4.78 is 0. The number of aromatic nitrogens is 1. The number of aromatic amines is 1. The van der Waals surface area contributed by atoms with Crippen LogP contribution in [0, 0.1) is 5.92 Å². The van der Waals surface area contributed by atoms with Crippen LogP contribution in [-0.2, 0) is 36.8 Å².